The van der Waals surface area contributed by atoms with Crippen molar-refractivity contribution in [2.24, 2.45) is 0 Å². The zero-order chi connectivity index (χ0) is 16.3. The molecule has 0 spiro atoms. The van der Waals surface area contributed by atoms with Gasteiger partial charge in [-0.25, -0.2) is 8.42 Å². The van der Waals surface area contributed by atoms with Gasteiger partial charge in [0.25, 0.3) is 10.0 Å². The molecular weight excluding hydrogens is 318 g/mol. The zero-order valence-corrected chi connectivity index (χ0v) is 14.6. The van der Waals surface area contributed by atoms with E-state index in [9.17, 15) is 8.42 Å². The molecule has 2 rings (SSSR count). The van der Waals surface area contributed by atoms with Crippen molar-refractivity contribution in [3.63, 3.8) is 0 Å². The van der Waals surface area contributed by atoms with E-state index in [0.29, 0.717) is 17.0 Å². The monoisotopic (exact) mass is 337 g/mol. The topological polar surface area (TPSA) is 55.4 Å². The van der Waals surface area contributed by atoms with E-state index in [1.165, 1.54) is 11.8 Å². The summed E-state index contributed by atoms with van der Waals surface area (Å²) in [7, 11) is -2.07. The van der Waals surface area contributed by atoms with Crippen molar-refractivity contribution in [1.29, 1.82) is 0 Å². The third-order valence-electron chi connectivity index (χ3n) is 3.55. The van der Waals surface area contributed by atoms with Crippen LogP contribution in [0.2, 0.25) is 0 Å². The van der Waals surface area contributed by atoms with Gasteiger partial charge in [-0.05, 0) is 55.5 Å². The highest BCUT2D eigenvalue weighted by Crippen LogP contribution is 2.30. The van der Waals surface area contributed by atoms with E-state index in [0.717, 1.165) is 10.5 Å². The fourth-order valence-electron chi connectivity index (χ4n) is 2.21. The van der Waals surface area contributed by atoms with E-state index in [4.69, 9.17) is 4.74 Å². The van der Waals surface area contributed by atoms with Gasteiger partial charge >= 0.3 is 0 Å². The summed E-state index contributed by atoms with van der Waals surface area (Å²) < 4.78 is 33.3. The van der Waals surface area contributed by atoms with Crippen LogP contribution < -0.4 is 9.46 Å². The summed E-state index contributed by atoms with van der Waals surface area (Å²) in [4.78, 5) is 1.15. The largest absolute Gasteiger partial charge is 0.496 e. The molecule has 0 heterocycles. The minimum atomic E-state index is -3.64. The lowest BCUT2D eigenvalue weighted by Crippen LogP contribution is -2.15. The molecule has 6 heteroatoms. The highest BCUT2D eigenvalue weighted by atomic mass is 32.2. The summed E-state index contributed by atoms with van der Waals surface area (Å²) in [6, 6.07) is 10.6. The molecule has 0 saturated carbocycles. The molecule has 118 valence electrons. The Morgan fingerprint density at radius 2 is 1.73 bits per heavy atom. The van der Waals surface area contributed by atoms with Crippen LogP contribution in [0.25, 0.3) is 0 Å². The number of para-hydroxylation sites is 1. The summed E-state index contributed by atoms with van der Waals surface area (Å²) in [5.74, 6) is 0.681. The Morgan fingerprint density at radius 1 is 1.05 bits per heavy atom. The Hall–Kier alpha value is -1.66. The van der Waals surface area contributed by atoms with Crippen molar-refractivity contribution < 1.29 is 13.2 Å². The van der Waals surface area contributed by atoms with Gasteiger partial charge in [0, 0.05) is 4.90 Å². The SMILES string of the molecule is COc1ccc(S(=O)(=O)Nc2ccccc2SC)c(C)c1C. The average molecular weight is 337 g/mol. The van der Waals surface area contributed by atoms with Gasteiger partial charge in [-0.3, -0.25) is 4.72 Å². The number of ether oxygens (including phenoxy) is 1. The van der Waals surface area contributed by atoms with Crippen LogP contribution in [0.4, 0.5) is 5.69 Å². The zero-order valence-electron chi connectivity index (χ0n) is 13.0. The first-order valence-corrected chi connectivity index (χ1v) is 9.41. The molecule has 1 N–H and O–H groups in total. The number of benzene rings is 2. The fourth-order valence-corrected chi connectivity index (χ4v) is 4.21. The summed E-state index contributed by atoms with van der Waals surface area (Å²) in [5.41, 5.74) is 2.10. The molecule has 0 unspecified atom stereocenters. The number of nitrogens with one attached hydrogen (secondary N) is 1. The van der Waals surface area contributed by atoms with Crippen LogP contribution in [0.15, 0.2) is 46.2 Å². The molecule has 2 aromatic rings. The number of thioether (sulfide) groups is 1. The summed E-state index contributed by atoms with van der Waals surface area (Å²) in [5, 5.41) is 0. The number of sulfonamides is 1. The average Bonchev–Trinajstić information content (AvgIpc) is 2.50. The van der Waals surface area contributed by atoms with Crippen molar-refractivity contribution in [2.75, 3.05) is 18.1 Å². The second-order valence-corrected chi connectivity index (χ2v) is 7.32. The molecule has 4 nitrogen and oxygen atoms in total. The van der Waals surface area contributed by atoms with E-state index in [1.54, 1.807) is 32.2 Å². The lowest BCUT2D eigenvalue weighted by atomic mass is 10.1. The van der Waals surface area contributed by atoms with E-state index in [1.807, 2.05) is 31.4 Å². The third kappa shape index (κ3) is 3.23. The molecule has 0 aliphatic rings. The lowest BCUT2D eigenvalue weighted by molar-refractivity contribution is 0.411. The molecule has 0 aliphatic heterocycles. The van der Waals surface area contributed by atoms with Crippen LogP contribution in [-0.4, -0.2) is 21.8 Å². The Morgan fingerprint density at radius 3 is 2.36 bits per heavy atom. The Labute approximate surface area is 135 Å². The van der Waals surface area contributed by atoms with Crippen LogP contribution >= 0.6 is 11.8 Å². The first-order chi connectivity index (χ1) is 10.4. The highest BCUT2D eigenvalue weighted by Gasteiger charge is 2.20. The Kier molecular flexibility index (Phi) is 5.03. The van der Waals surface area contributed by atoms with Crippen LogP contribution in [0.1, 0.15) is 11.1 Å². The lowest BCUT2D eigenvalue weighted by Gasteiger charge is -2.15. The predicted octanol–water partition coefficient (Wildman–Crippen LogP) is 3.83. The molecule has 0 atom stereocenters. The van der Waals surface area contributed by atoms with E-state index >= 15 is 0 Å². The minimum Gasteiger partial charge on any atom is -0.496 e. The molecular formula is C16H19NO3S2. The molecule has 0 saturated heterocycles. The van der Waals surface area contributed by atoms with Gasteiger partial charge in [0.15, 0.2) is 0 Å². The maximum atomic E-state index is 12.7. The summed E-state index contributed by atoms with van der Waals surface area (Å²) in [6.07, 6.45) is 1.91. The van der Waals surface area contributed by atoms with E-state index in [2.05, 4.69) is 4.72 Å². The molecule has 0 aromatic heterocycles. The number of hydrogen-bond acceptors (Lipinski definition) is 4. The standard InChI is InChI=1S/C16H19NO3S2/c1-11-12(2)16(10-9-14(11)20-3)22(18,19)17-13-7-5-6-8-15(13)21-4/h5-10,17H,1-4H3. The normalized spacial score (nSPS) is 11.3. The second-order valence-electron chi connectivity index (χ2n) is 4.82. The molecule has 22 heavy (non-hydrogen) atoms. The molecule has 2 aromatic carbocycles. The van der Waals surface area contributed by atoms with Gasteiger partial charge in [-0.2, -0.15) is 0 Å². The van der Waals surface area contributed by atoms with Crippen molar-refractivity contribution in [1.82, 2.24) is 0 Å². The predicted molar refractivity (Wildman–Crippen MR) is 91.5 cm³/mol. The fraction of sp³-hybridized carbons (Fsp3) is 0.250. The van der Waals surface area contributed by atoms with Gasteiger partial charge in [-0.1, -0.05) is 12.1 Å². The van der Waals surface area contributed by atoms with Crippen molar-refractivity contribution >= 4 is 27.5 Å². The number of methoxy groups -OCH3 is 1. The summed E-state index contributed by atoms with van der Waals surface area (Å²) >= 11 is 1.50. The van der Waals surface area contributed by atoms with Crippen molar-refractivity contribution in [3.05, 3.63) is 47.5 Å². The minimum absolute atomic E-state index is 0.265. The Bertz CT molecular complexity index is 786. The first-order valence-electron chi connectivity index (χ1n) is 6.70. The summed E-state index contributed by atoms with van der Waals surface area (Å²) in [6.45, 7) is 3.63. The number of hydrogen-bond donors (Lipinski definition) is 1. The maximum Gasteiger partial charge on any atom is 0.262 e. The van der Waals surface area contributed by atoms with Gasteiger partial charge in [0.05, 0.1) is 17.7 Å². The third-order valence-corrected chi connectivity index (χ3v) is 5.85. The smallest absolute Gasteiger partial charge is 0.262 e. The maximum absolute atomic E-state index is 12.7. The van der Waals surface area contributed by atoms with Gasteiger partial charge in [0.2, 0.25) is 0 Å². The Balaban J connectivity index is 2.46. The van der Waals surface area contributed by atoms with Crippen LogP contribution in [0, 0.1) is 13.8 Å². The van der Waals surface area contributed by atoms with Gasteiger partial charge in [0.1, 0.15) is 5.75 Å². The van der Waals surface area contributed by atoms with Crippen molar-refractivity contribution in [2.45, 2.75) is 23.6 Å². The molecule has 0 fully saturated rings. The second kappa shape index (κ2) is 6.62. The molecule has 0 amide bonds. The molecule has 0 aliphatic carbocycles. The quantitative estimate of drug-likeness (QED) is 0.842. The highest BCUT2D eigenvalue weighted by molar-refractivity contribution is 7.99. The molecule has 0 radical (unpaired) electrons. The van der Waals surface area contributed by atoms with E-state index < -0.39 is 10.0 Å². The first kappa shape index (κ1) is 16.7. The van der Waals surface area contributed by atoms with Crippen LogP contribution in [0.3, 0.4) is 0 Å². The van der Waals surface area contributed by atoms with Crippen LogP contribution in [-0.2, 0) is 10.0 Å². The van der Waals surface area contributed by atoms with E-state index in [-0.39, 0.29) is 4.90 Å². The van der Waals surface area contributed by atoms with Gasteiger partial charge in [-0.15, -0.1) is 11.8 Å². The van der Waals surface area contributed by atoms with Gasteiger partial charge < -0.3 is 4.74 Å². The molecule has 0 bridgehead atoms. The van der Waals surface area contributed by atoms with Crippen molar-refractivity contribution in [3.8, 4) is 5.75 Å². The van der Waals surface area contributed by atoms with Crippen LogP contribution in [0.5, 0.6) is 5.75 Å². The number of rotatable bonds is 5. The number of anilines is 1.